The molecule has 3 heteroatoms. The molecule has 0 aliphatic rings. The van der Waals surface area contributed by atoms with Crippen LogP contribution in [0, 0.1) is 5.92 Å². The number of nitrogens with two attached hydrogens (primary N) is 1. The summed E-state index contributed by atoms with van der Waals surface area (Å²) in [6.07, 6.45) is 1.18. The van der Waals surface area contributed by atoms with E-state index in [2.05, 4.69) is 20.8 Å². The SMILES string of the molecule is COc1ccc(C(OC(C)CC(C)C)C(C)N)cc1. The maximum Gasteiger partial charge on any atom is 0.118 e. The fraction of sp³-hybridized carbons (Fsp3) is 0.625. The highest BCUT2D eigenvalue weighted by molar-refractivity contribution is 5.29. The maximum absolute atomic E-state index is 6.12. The molecule has 0 heterocycles. The zero-order valence-corrected chi connectivity index (χ0v) is 12.7. The van der Waals surface area contributed by atoms with Crippen LogP contribution in [0.25, 0.3) is 0 Å². The minimum atomic E-state index is -0.0698. The molecule has 0 spiro atoms. The van der Waals surface area contributed by atoms with Gasteiger partial charge in [0.2, 0.25) is 0 Å². The summed E-state index contributed by atoms with van der Waals surface area (Å²) in [6, 6.07) is 7.90. The normalized spacial score (nSPS) is 16.2. The maximum atomic E-state index is 6.12. The van der Waals surface area contributed by atoms with Crippen molar-refractivity contribution in [1.29, 1.82) is 0 Å². The van der Waals surface area contributed by atoms with Gasteiger partial charge in [-0.15, -0.1) is 0 Å². The second-order valence-corrected chi connectivity index (χ2v) is 5.63. The molecule has 1 aromatic carbocycles. The average Bonchev–Trinajstić information content (AvgIpc) is 2.35. The monoisotopic (exact) mass is 265 g/mol. The predicted octanol–water partition coefficient (Wildman–Crippen LogP) is 3.53. The van der Waals surface area contributed by atoms with Crippen molar-refractivity contribution >= 4 is 0 Å². The Hall–Kier alpha value is -1.06. The first kappa shape index (κ1) is 16.0. The fourth-order valence-corrected chi connectivity index (χ4v) is 2.27. The first-order valence-corrected chi connectivity index (χ1v) is 6.99. The van der Waals surface area contributed by atoms with Gasteiger partial charge in [-0.3, -0.25) is 0 Å². The Balaban J connectivity index is 2.76. The van der Waals surface area contributed by atoms with Gasteiger partial charge in [0.1, 0.15) is 5.75 Å². The van der Waals surface area contributed by atoms with E-state index < -0.39 is 0 Å². The van der Waals surface area contributed by atoms with E-state index >= 15 is 0 Å². The van der Waals surface area contributed by atoms with Gasteiger partial charge in [0.05, 0.1) is 19.3 Å². The highest BCUT2D eigenvalue weighted by atomic mass is 16.5. The lowest BCUT2D eigenvalue weighted by Crippen LogP contribution is -2.30. The van der Waals surface area contributed by atoms with Gasteiger partial charge >= 0.3 is 0 Å². The van der Waals surface area contributed by atoms with E-state index in [0.29, 0.717) is 5.92 Å². The van der Waals surface area contributed by atoms with Crippen LogP contribution in [0.3, 0.4) is 0 Å². The zero-order valence-electron chi connectivity index (χ0n) is 12.7. The first-order chi connectivity index (χ1) is 8.93. The molecule has 0 saturated heterocycles. The Morgan fingerprint density at radius 2 is 1.63 bits per heavy atom. The summed E-state index contributed by atoms with van der Waals surface area (Å²) in [5.41, 5.74) is 7.17. The summed E-state index contributed by atoms with van der Waals surface area (Å²) in [7, 11) is 1.67. The number of rotatable bonds is 7. The van der Waals surface area contributed by atoms with Gasteiger partial charge in [0.25, 0.3) is 0 Å². The molecule has 1 aromatic rings. The Morgan fingerprint density at radius 1 is 1.05 bits per heavy atom. The van der Waals surface area contributed by atoms with Crippen molar-refractivity contribution in [2.75, 3.05) is 7.11 Å². The quantitative estimate of drug-likeness (QED) is 0.820. The summed E-state index contributed by atoms with van der Waals surface area (Å²) < 4.78 is 11.3. The molecule has 0 amide bonds. The van der Waals surface area contributed by atoms with E-state index in [1.807, 2.05) is 31.2 Å². The van der Waals surface area contributed by atoms with Crippen LogP contribution in [0.4, 0.5) is 0 Å². The summed E-state index contributed by atoms with van der Waals surface area (Å²) in [4.78, 5) is 0. The molecule has 0 saturated carbocycles. The van der Waals surface area contributed by atoms with Gasteiger partial charge in [-0.05, 0) is 43.9 Å². The minimum absolute atomic E-state index is 0.0389. The van der Waals surface area contributed by atoms with Crippen LogP contribution < -0.4 is 10.5 Å². The van der Waals surface area contributed by atoms with E-state index in [1.165, 1.54) is 0 Å². The van der Waals surface area contributed by atoms with Crippen LogP contribution in [0.15, 0.2) is 24.3 Å². The zero-order chi connectivity index (χ0) is 14.4. The van der Waals surface area contributed by atoms with Gasteiger partial charge in [-0.1, -0.05) is 26.0 Å². The molecule has 0 aromatic heterocycles. The van der Waals surface area contributed by atoms with Gasteiger partial charge in [0.15, 0.2) is 0 Å². The van der Waals surface area contributed by atoms with Crippen molar-refractivity contribution in [2.24, 2.45) is 11.7 Å². The second kappa shape index (κ2) is 7.51. The standard InChI is InChI=1S/C16H27NO2/c1-11(2)10-12(3)19-16(13(4)17)14-6-8-15(18-5)9-7-14/h6-9,11-13,16H,10,17H2,1-5H3. The molecule has 0 aliphatic carbocycles. The lowest BCUT2D eigenvalue weighted by Gasteiger charge is -2.27. The number of ether oxygens (including phenoxy) is 2. The van der Waals surface area contributed by atoms with E-state index in [-0.39, 0.29) is 18.2 Å². The van der Waals surface area contributed by atoms with E-state index in [4.69, 9.17) is 15.2 Å². The Morgan fingerprint density at radius 3 is 2.05 bits per heavy atom. The van der Waals surface area contributed by atoms with Crippen LogP contribution in [0.5, 0.6) is 5.75 Å². The molecule has 3 nitrogen and oxygen atoms in total. The molecule has 2 N–H and O–H groups in total. The van der Waals surface area contributed by atoms with Crippen molar-refractivity contribution in [1.82, 2.24) is 0 Å². The lowest BCUT2D eigenvalue weighted by molar-refractivity contribution is -0.0237. The van der Waals surface area contributed by atoms with Crippen LogP contribution in [0.1, 0.15) is 45.8 Å². The summed E-state index contributed by atoms with van der Waals surface area (Å²) >= 11 is 0. The minimum Gasteiger partial charge on any atom is -0.497 e. The predicted molar refractivity (Wildman–Crippen MR) is 79.4 cm³/mol. The van der Waals surface area contributed by atoms with Crippen molar-refractivity contribution in [3.05, 3.63) is 29.8 Å². The third kappa shape index (κ3) is 5.21. The Bertz CT molecular complexity index is 360. The summed E-state index contributed by atoms with van der Waals surface area (Å²) in [6.45, 7) is 8.50. The number of methoxy groups -OCH3 is 1. The van der Waals surface area contributed by atoms with Crippen molar-refractivity contribution < 1.29 is 9.47 Å². The second-order valence-electron chi connectivity index (χ2n) is 5.63. The summed E-state index contributed by atoms with van der Waals surface area (Å²) in [5.74, 6) is 1.47. The van der Waals surface area contributed by atoms with Crippen LogP contribution in [-0.4, -0.2) is 19.3 Å². The molecule has 3 atom stereocenters. The van der Waals surface area contributed by atoms with Gasteiger partial charge < -0.3 is 15.2 Å². The third-order valence-corrected chi connectivity index (χ3v) is 3.10. The molecule has 0 aliphatic heterocycles. The first-order valence-electron chi connectivity index (χ1n) is 6.99. The number of hydrogen-bond donors (Lipinski definition) is 1. The van der Waals surface area contributed by atoms with Gasteiger partial charge in [-0.25, -0.2) is 0 Å². The fourth-order valence-electron chi connectivity index (χ4n) is 2.27. The molecule has 3 unspecified atom stereocenters. The van der Waals surface area contributed by atoms with Crippen LogP contribution >= 0.6 is 0 Å². The highest BCUT2D eigenvalue weighted by Crippen LogP contribution is 2.25. The molecular weight excluding hydrogens is 238 g/mol. The van der Waals surface area contributed by atoms with Crippen molar-refractivity contribution in [3.8, 4) is 5.75 Å². The number of benzene rings is 1. The molecular formula is C16H27NO2. The molecule has 0 radical (unpaired) electrons. The Labute approximate surface area is 117 Å². The molecule has 19 heavy (non-hydrogen) atoms. The smallest absolute Gasteiger partial charge is 0.118 e. The summed E-state index contributed by atoms with van der Waals surface area (Å²) in [5, 5.41) is 0. The average molecular weight is 265 g/mol. The van der Waals surface area contributed by atoms with Gasteiger partial charge in [-0.2, -0.15) is 0 Å². The van der Waals surface area contributed by atoms with Crippen molar-refractivity contribution in [3.63, 3.8) is 0 Å². The largest absolute Gasteiger partial charge is 0.497 e. The van der Waals surface area contributed by atoms with Crippen LogP contribution in [-0.2, 0) is 4.74 Å². The number of hydrogen-bond acceptors (Lipinski definition) is 3. The molecule has 0 bridgehead atoms. The molecule has 108 valence electrons. The topological polar surface area (TPSA) is 44.5 Å². The van der Waals surface area contributed by atoms with Crippen LogP contribution in [0.2, 0.25) is 0 Å². The molecule has 1 rings (SSSR count). The molecule has 0 fully saturated rings. The van der Waals surface area contributed by atoms with E-state index in [1.54, 1.807) is 7.11 Å². The van der Waals surface area contributed by atoms with E-state index in [0.717, 1.165) is 17.7 Å². The van der Waals surface area contributed by atoms with E-state index in [9.17, 15) is 0 Å². The lowest BCUT2D eigenvalue weighted by atomic mass is 10.0. The van der Waals surface area contributed by atoms with Crippen molar-refractivity contribution in [2.45, 2.75) is 52.4 Å². The third-order valence-electron chi connectivity index (χ3n) is 3.10. The highest BCUT2D eigenvalue weighted by Gasteiger charge is 2.20. The van der Waals surface area contributed by atoms with Gasteiger partial charge in [0, 0.05) is 6.04 Å². The Kier molecular flexibility index (Phi) is 6.32.